The molecule has 0 bridgehead atoms. The van der Waals surface area contributed by atoms with Crippen LogP contribution in [0.2, 0.25) is 0 Å². The predicted molar refractivity (Wildman–Crippen MR) is 95.6 cm³/mol. The topological polar surface area (TPSA) is 76.7 Å². The molecule has 2 aromatic rings. The van der Waals surface area contributed by atoms with Crippen LogP contribution < -0.4 is 15.4 Å². The van der Waals surface area contributed by atoms with E-state index in [2.05, 4.69) is 10.6 Å². The molecule has 6 nitrogen and oxygen atoms in total. The van der Waals surface area contributed by atoms with Crippen LogP contribution in [-0.4, -0.2) is 32.6 Å². The second kappa shape index (κ2) is 8.84. The maximum Gasteiger partial charge on any atom is 0.313 e. The molecular formula is C19H22N2O4. The maximum atomic E-state index is 12.0. The number of ether oxygens (including phenoxy) is 2. The first kappa shape index (κ1) is 18.5. The van der Waals surface area contributed by atoms with E-state index >= 15 is 0 Å². The molecule has 0 spiro atoms. The Bertz CT molecular complexity index is 728. The van der Waals surface area contributed by atoms with Gasteiger partial charge in [0, 0.05) is 19.3 Å². The van der Waals surface area contributed by atoms with Crippen molar-refractivity contribution in [2.75, 3.05) is 26.1 Å². The monoisotopic (exact) mass is 342 g/mol. The van der Waals surface area contributed by atoms with Crippen molar-refractivity contribution in [1.29, 1.82) is 0 Å². The molecule has 0 aliphatic rings. The summed E-state index contributed by atoms with van der Waals surface area (Å²) in [5, 5.41) is 5.14. The largest absolute Gasteiger partial charge is 0.497 e. The zero-order valence-electron chi connectivity index (χ0n) is 14.5. The number of rotatable bonds is 6. The minimum atomic E-state index is -0.718. The van der Waals surface area contributed by atoms with Crippen molar-refractivity contribution in [3.05, 3.63) is 59.7 Å². The van der Waals surface area contributed by atoms with Gasteiger partial charge in [0.25, 0.3) is 0 Å². The molecule has 1 atom stereocenters. The summed E-state index contributed by atoms with van der Waals surface area (Å²) in [6, 6.07) is 14.6. The highest BCUT2D eigenvalue weighted by Crippen LogP contribution is 2.21. The third-order valence-corrected chi connectivity index (χ3v) is 3.71. The highest BCUT2D eigenvalue weighted by atomic mass is 16.5. The van der Waals surface area contributed by atoms with E-state index in [-0.39, 0.29) is 12.6 Å². The summed E-state index contributed by atoms with van der Waals surface area (Å²) in [5.74, 6) is -0.738. The molecular weight excluding hydrogens is 320 g/mol. The van der Waals surface area contributed by atoms with Crippen LogP contribution in [0.4, 0.5) is 5.69 Å². The van der Waals surface area contributed by atoms with E-state index in [1.807, 2.05) is 43.3 Å². The Kier molecular flexibility index (Phi) is 6.54. The zero-order valence-corrected chi connectivity index (χ0v) is 14.5. The predicted octanol–water partition coefficient (Wildman–Crippen LogP) is 2.45. The fourth-order valence-electron chi connectivity index (χ4n) is 2.27. The van der Waals surface area contributed by atoms with Crippen LogP contribution in [0, 0.1) is 6.92 Å². The Balaban J connectivity index is 1.92. The number of nitrogens with one attached hydrogen (secondary N) is 2. The van der Waals surface area contributed by atoms with E-state index in [1.165, 1.54) is 0 Å². The summed E-state index contributed by atoms with van der Waals surface area (Å²) in [5.41, 5.74) is 2.49. The van der Waals surface area contributed by atoms with Gasteiger partial charge in [0.05, 0.1) is 13.2 Å². The van der Waals surface area contributed by atoms with Crippen LogP contribution in [0.5, 0.6) is 5.75 Å². The average molecular weight is 342 g/mol. The van der Waals surface area contributed by atoms with Crippen LogP contribution in [-0.2, 0) is 14.3 Å². The van der Waals surface area contributed by atoms with Gasteiger partial charge in [0.1, 0.15) is 5.75 Å². The van der Waals surface area contributed by atoms with Crippen molar-refractivity contribution < 1.29 is 19.1 Å². The normalized spacial score (nSPS) is 11.5. The number of hydrogen-bond acceptors (Lipinski definition) is 4. The molecule has 6 heteroatoms. The SMILES string of the molecule is COc1cccc(C(CNC(=O)C(=O)Nc2ccc(C)cc2)OC)c1. The molecule has 2 N–H and O–H groups in total. The molecule has 0 saturated heterocycles. The molecule has 0 aliphatic carbocycles. The lowest BCUT2D eigenvalue weighted by molar-refractivity contribution is -0.136. The highest BCUT2D eigenvalue weighted by molar-refractivity contribution is 6.39. The summed E-state index contributed by atoms with van der Waals surface area (Å²) >= 11 is 0. The first-order valence-corrected chi connectivity index (χ1v) is 7.86. The number of methoxy groups -OCH3 is 2. The van der Waals surface area contributed by atoms with Crippen LogP contribution in [0.1, 0.15) is 17.2 Å². The zero-order chi connectivity index (χ0) is 18.2. The van der Waals surface area contributed by atoms with Crippen LogP contribution in [0.3, 0.4) is 0 Å². The molecule has 132 valence electrons. The summed E-state index contributed by atoms with van der Waals surface area (Å²) in [7, 11) is 3.13. The fraction of sp³-hybridized carbons (Fsp3) is 0.263. The minimum Gasteiger partial charge on any atom is -0.497 e. The Morgan fingerprint density at radius 3 is 2.40 bits per heavy atom. The number of amides is 2. The average Bonchev–Trinajstić information content (AvgIpc) is 2.64. The van der Waals surface area contributed by atoms with Gasteiger partial charge in [0.15, 0.2) is 0 Å². The smallest absolute Gasteiger partial charge is 0.313 e. The van der Waals surface area contributed by atoms with Crippen molar-refractivity contribution in [3.8, 4) is 5.75 Å². The molecule has 0 radical (unpaired) electrons. The molecule has 0 saturated carbocycles. The van der Waals surface area contributed by atoms with Gasteiger partial charge in [-0.05, 0) is 36.8 Å². The number of anilines is 1. The standard InChI is InChI=1S/C19H22N2O4/c1-13-7-9-15(10-8-13)21-19(23)18(22)20-12-17(25-3)14-5-4-6-16(11-14)24-2/h4-11,17H,12H2,1-3H3,(H,20,22)(H,21,23). The molecule has 1 unspecified atom stereocenters. The summed E-state index contributed by atoms with van der Waals surface area (Å²) in [6.45, 7) is 2.12. The number of benzene rings is 2. The molecule has 25 heavy (non-hydrogen) atoms. The number of carbonyl (C=O) groups is 2. The quantitative estimate of drug-likeness (QED) is 0.791. The van der Waals surface area contributed by atoms with Gasteiger partial charge >= 0.3 is 11.8 Å². The van der Waals surface area contributed by atoms with E-state index in [1.54, 1.807) is 26.4 Å². The summed E-state index contributed by atoms with van der Waals surface area (Å²) < 4.78 is 10.6. The molecule has 2 aromatic carbocycles. The van der Waals surface area contributed by atoms with Crippen LogP contribution in [0.15, 0.2) is 48.5 Å². The second-order valence-electron chi connectivity index (χ2n) is 5.53. The van der Waals surface area contributed by atoms with Crippen molar-refractivity contribution in [2.45, 2.75) is 13.0 Å². The molecule has 0 aliphatic heterocycles. The van der Waals surface area contributed by atoms with Crippen molar-refractivity contribution >= 4 is 17.5 Å². The third kappa shape index (κ3) is 5.32. The van der Waals surface area contributed by atoms with Crippen molar-refractivity contribution in [1.82, 2.24) is 5.32 Å². The first-order chi connectivity index (χ1) is 12.0. The summed E-state index contributed by atoms with van der Waals surface area (Å²) in [4.78, 5) is 23.9. The lowest BCUT2D eigenvalue weighted by Gasteiger charge is -2.17. The highest BCUT2D eigenvalue weighted by Gasteiger charge is 2.17. The molecule has 2 amide bonds. The number of carbonyl (C=O) groups excluding carboxylic acids is 2. The lowest BCUT2D eigenvalue weighted by atomic mass is 10.1. The van der Waals surface area contributed by atoms with E-state index in [4.69, 9.17) is 9.47 Å². The van der Waals surface area contributed by atoms with E-state index < -0.39 is 11.8 Å². The van der Waals surface area contributed by atoms with E-state index in [0.717, 1.165) is 11.1 Å². The fourth-order valence-corrected chi connectivity index (χ4v) is 2.27. The van der Waals surface area contributed by atoms with Gasteiger partial charge in [0.2, 0.25) is 0 Å². The maximum absolute atomic E-state index is 12.0. The van der Waals surface area contributed by atoms with Gasteiger partial charge in [-0.1, -0.05) is 29.8 Å². The van der Waals surface area contributed by atoms with Crippen LogP contribution in [0.25, 0.3) is 0 Å². The number of hydrogen-bond donors (Lipinski definition) is 2. The van der Waals surface area contributed by atoms with Gasteiger partial charge in [-0.15, -0.1) is 0 Å². The van der Waals surface area contributed by atoms with Gasteiger partial charge in [-0.2, -0.15) is 0 Å². The van der Waals surface area contributed by atoms with E-state index in [0.29, 0.717) is 11.4 Å². The first-order valence-electron chi connectivity index (χ1n) is 7.86. The Hall–Kier alpha value is -2.86. The third-order valence-electron chi connectivity index (χ3n) is 3.71. The number of aryl methyl sites for hydroxylation is 1. The van der Waals surface area contributed by atoms with E-state index in [9.17, 15) is 9.59 Å². The molecule has 0 fully saturated rings. The molecule has 0 aromatic heterocycles. The lowest BCUT2D eigenvalue weighted by Crippen LogP contribution is -2.37. The molecule has 0 heterocycles. The Labute approximate surface area is 147 Å². The second-order valence-corrected chi connectivity index (χ2v) is 5.53. The van der Waals surface area contributed by atoms with Gasteiger partial charge < -0.3 is 20.1 Å². The minimum absolute atomic E-state index is 0.170. The Morgan fingerprint density at radius 2 is 1.76 bits per heavy atom. The van der Waals surface area contributed by atoms with Crippen molar-refractivity contribution in [3.63, 3.8) is 0 Å². The van der Waals surface area contributed by atoms with Crippen molar-refractivity contribution in [2.24, 2.45) is 0 Å². The van der Waals surface area contributed by atoms with Gasteiger partial charge in [-0.25, -0.2) is 0 Å². The van der Waals surface area contributed by atoms with Crippen LogP contribution >= 0.6 is 0 Å². The Morgan fingerprint density at radius 1 is 1.04 bits per heavy atom. The van der Waals surface area contributed by atoms with Gasteiger partial charge in [-0.3, -0.25) is 9.59 Å². The summed E-state index contributed by atoms with van der Waals surface area (Å²) in [6.07, 6.45) is -0.383. The molecule has 2 rings (SSSR count).